The minimum absolute atomic E-state index is 0.0817. The molecule has 2 amide bonds. The molecule has 136 valence electrons. The summed E-state index contributed by atoms with van der Waals surface area (Å²) in [5.74, 6) is -0.361. The van der Waals surface area contributed by atoms with Gasteiger partial charge < -0.3 is 19.7 Å². The van der Waals surface area contributed by atoms with Crippen molar-refractivity contribution in [3.8, 4) is 0 Å². The van der Waals surface area contributed by atoms with E-state index in [1.165, 1.54) is 6.07 Å². The number of likely N-dealkylation sites (tertiary alicyclic amines) is 1. The fourth-order valence-corrected chi connectivity index (χ4v) is 4.26. The summed E-state index contributed by atoms with van der Waals surface area (Å²) in [7, 11) is 0. The first-order chi connectivity index (χ1) is 12.1. The van der Waals surface area contributed by atoms with Gasteiger partial charge in [0.25, 0.3) is 0 Å². The van der Waals surface area contributed by atoms with Gasteiger partial charge in [0.05, 0.1) is 19.3 Å². The molecule has 1 aromatic rings. The lowest BCUT2D eigenvalue weighted by molar-refractivity contribution is -0.181. The van der Waals surface area contributed by atoms with E-state index in [9.17, 15) is 9.18 Å². The van der Waals surface area contributed by atoms with Crippen molar-refractivity contribution in [2.75, 3.05) is 26.3 Å². The molecule has 5 nitrogen and oxygen atoms in total. The lowest BCUT2D eigenvalue weighted by atomic mass is 9.80. The van der Waals surface area contributed by atoms with Crippen LogP contribution in [0.5, 0.6) is 0 Å². The van der Waals surface area contributed by atoms with Crippen molar-refractivity contribution in [1.29, 1.82) is 0 Å². The summed E-state index contributed by atoms with van der Waals surface area (Å²) in [6.07, 6.45) is 3.01. The van der Waals surface area contributed by atoms with E-state index >= 15 is 0 Å². The number of piperidine rings is 1. The lowest BCUT2D eigenvalue weighted by Crippen LogP contribution is -2.51. The van der Waals surface area contributed by atoms with Crippen LogP contribution in [-0.2, 0) is 15.9 Å². The van der Waals surface area contributed by atoms with E-state index in [4.69, 9.17) is 9.47 Å². The second kappa shape index (κ2) is 6.57. The molecule has 1 aromatic carbocycles. The van der Waals surface area contributed by atoms with Crippen molar-refractivity contribution in [2.24, 2.45) is 5.92 Å². The number of hydrogen-bond donors (Lipinski definition) is 1. The van der Waals surface area contributed by atoms with Gasteiger partial charge in [-0.2, -0.15) is 0 Å². The van der Waals surface area contributed by atoms with E-state index in [2.05, 4.69) is 12.2 Å². The zero-order chi connectivity index (χ0) is 17.4. The topological polar surface area (TPSA) is 50.8 Å². The Morgan fingerprint density at radius 3 is 2.72 bits per heavy atom. The number of halogens is 1. The predicted molar refractivity (Wildman–Crippen MR) is 90.6 cm³/mol. The minimum Gasteiger partial charge on any atom is -0.347 e. The maximum atomic E-state index is 14.1. The molecule has 2 fully saturated rings. The Labute approximate surface area is 147 Å². The number of carbonyl (C=O) groups is 1. The Balaban J connectivity index is 1.44. The molecule has 2 atom stereocenters. The number of urea groups is 1. The van der Waals surface area contributed by atoms with Crippen molar-refractivity contribution in [3.05, 3.63) is 35.1 Å². The van der Waals surface area contributed by atoms with Gasteiger partial charge >= 0.3 is 6.03 Å². The summed E-state index contributed by atoms with van der Waals surface area (Å²) in [5, 5.41) is 3.14. The second-order valence-electron chi connectivity index (χ2n) is 7.35. The maximum Gasteiger partial charge on any atom is 0.317 e. The summed E-state index contributed by atoms with van der Waals surface area (Å²) < 4.78 is 25.5. The first-order valence-electron chi connectivity index (χ1n) is 9.19. The Morgan fingerprint density at radius 2 is 2.00 bits per heavy atom. The van der Waals surface area contributed by atoms with Gasteiger partial charge in [-0.05, 0) is 36.0 Å². The van der Waals surface area contributed by atoms with Crippen LogP contribution in [0.4, 0.5) is 9.18 Å². The SMILES string of the molecule is C[C@H]1CCc2c(F)cccc2[C@H]1NC(=O)N1CCC2(CC1)OCCO2. The third-order valence-corrected chi connectivity index (χ3v) is 5.81. The maximum absolute atomic E-state index is 14.1. The normalized spacial score (nSPS) is 28.0. The van der Waals surface area contributed by atoms with Gasteiger partial charge in [-0.15, -0.1) is 0 Å². The number of benzene rings is 1. The monoisotopic (exact) mass is 348 g/mol. The molecule has 6 heteroatoms. The van der Waals surface area contributed by atoms with Gasteiger partial charge in [0.15, 0.2) is 5.79 Å². The van der Waals surface area contributed by atoms with E-state index in [1.54, 1.807) is 6.07 Å². The number of hydrogen-bond acceptors (Lipinski definition) is 3. The van der Waals surface area contributed by atoms with Gasteiger partial charge in [0.2, 0.25) is 0 Å². The summed E-state index contributed by atoms with van der Waals surface area (Å²) >= 11 is 0. The van der Waals surface area contributed by atoms with Crippen LogP contribution in [0.25, 0.3) is 0 Å². The van der Waals surface area contributed by atoms with Crippen molar-refractivity contribution >= 4 is 6.03 Å². The Morgan fingerprint density at radius 1 is 1.28 bits per heavy atom. The number of rotatable bonds is 1. The summed E-state index contributed by atoms with van der Waals surface area (Å²) in [4.78, 5) is 14.6. The molecule has 0 aromatic heterocycles. The lowest BCUT2D eigenvalue weighted by Gasteiger charge is -2.39. The number of carbonyl (C=O) groups excluding carboxylic acids is 1. The van der Waals surface area contributed by atoms with Crippen LogP contribution in [0.2, 0.25) is 0 Å². The molecule has 4 rings (SSSR count). The largest absolute Gasteiger partial charge is 0.347 e. The highest BCUT2D eigenvalue weighted by Gasteiger charge is 2.41. The molecule has 3 aliphatic rings. The van der Waals surface area contributed by atoms with Gasteiger partial charge in [-0.1, -0.05) is 19.1 Å². The number of amides is 2. The third kappa shape index (κ3) is 3.13. The molecular formula is C19H25FN2O3. The summed E-state index contributed by atoms with van der Waals surface area (Å²) in [6.45, 7) is 4.61. The number of nitrogens with one attached hydrogen (secondary N) is 1. The van der Waals surface area contributed by atoms with Gasteiger partial charge in [0.1, 0.15) is 5.82 Å². The van der Waals surface area contributed by atoms with E-state index < -0.39 is 5.79 Å². The molecule has 0 unspecified atom stereocenters. The molecule has 1 spiro atoms. The Kier molecular flexibility index (Phi) is 4.41. The van der Waals surface area contributed by atoms with Gasteiger partial charge in [-0.3, -0.25) is 0 Å². The van der Waals surface area contributed by atoms with Crippen LogP contribution in [0.1, 0.15) is 43.4 Å². The van der Waals surface area contributed by atoms with E-state index in [0.29, 0.717) is 39.1 Å². The fourth-order valence-electron chi connectivity index (χ4n) is 4.26. The van der Waals surface area contributed by atoms with Crippen molar-refractivity contribution < 1.29 is 18.7 Å². The average molecular weight is 348 g/mol. The van der Waals surface area contributed by atoms with Crippen LogP contribution in [0.15, 0.2) is 18.2 Å². The standard InChI is InChI=1S/C19H25FN2O3/c1-13-5-6-14-15(3-2-4-16(14)20)17(13)21-18(23)22-9-7-19(8-10-22)24-11-12-25-19/h2-4,13,17H,5-12H2,1H3,(H,21,23)/t13-,17-/m0/s1. The molecule has 0 bridgehead atoms. The highest BCUT2D eigenvalue weighted by Crippen LogP contribution is 2.36. The zero-order valence-electron chi connectivity index (χ0n) is 14.6. The smallest absolute Gasteiger partial charge is 0.317 e. The zero-order valence-corrected chi connectivity index (χ0v) is 14.6. The highest BCUT2D eigenvalue weighted by atomic mass is 19.1. The van der Waals surface area contributed by atoms with Crippen LogP contribution in [0.3, 0.4) is 0 Å². The number of fused-ring (bicyclic) bond motifs is 1. The molecule has 2 aliphatic heterocycles. The number of nitrogens with zero attached hydrogens (tertiary/aromatic N) is 1. The number of ether oxygens (including phenoxy) is 2. The van der Waals surface area contributed by atoms with Crippen LogP contribution in [-0.4, -0.2) is 43.0 Å². The van der Waals surface area contributed by atoms with Gasteiger partial charge in [0, 0.05) is 25.9 Å². The van der Waals surface area contributed by atoms with E-state index in [-0.39, 0.29) is 23.8 Å². The fraction of sp³-hybridized carbons (Fsp3) is 0.632. The molecule has 25 heavy (non-hydrogen) atoms. The molecule has 2 saturated heterocycles. The van der Waals surface area contributed by atoms with Crippen LogP contribution < -0.4 is 5.32 Å². The molecule has 1 aliphatic carbocycles. The summed E-state index contributed by atoms with van der Waals surface area (Å²) in [5.41, 5.74) is 1.67. The highest BCUT2D eigenvalue weighted by molar-refractivity contribution is 5.75. The Hall–Kier alpha value is -1.66. The van der Waals surface area contributed by atoms with Crippen LogP contribution >= 0.6 is 0 Å². The second-order valence-corrected chi connectivity index (χ2v) is 7.35. The van der Waals surface area contributed by atoms with Crippen molar-refractivity contribution in [1.82, 2.24) is 10.2 Å². The van der Waals surface area contributed by atoms with E-state index in [0.717, 1.165) is 24.0 Å². The summed E-state index contributed by atoms with van der Waals surface area (Å²) in [6, 6.07) is 4.94. The molecule has 2 heterocycles. The van der Waals surface area contributed by atoms with Crippen molar-refractivity contribution in [3.63, 3.8) is 0 Å². The minimum atomic E-state index is -0.482. The van der Waals surface area contributed by atoms with Crippen molar-refractivity contribution in [2.45, 2.75) is 44.4 Å². The quantitative estimate of drug-likeness (QED) is 0.849. The van der Waals surface area contributed by atoms with E-state index in [1.807, 2.05) is 11.0 Å². The first-order valence-corrected chi connectivity index (χ1v) is 9.19. The molecule has 1 N–H and O–H groups in total. The predicted octanol–water partition coefficient (Wildman–Crippen LogP) is 3.00. The molecule has 0 saturated carbocycles. The van der Waals surface area contributed by atoms with Crippen LogP contribution in [0, 0.1) is 11.7 Å². The Bertz CT molecular complexity index is 650. The molecular weight excluding hydrogens is 323 g/mol. The average Bonchev–Trinajstić information content (AvgIpc) is 3.06. The van der Waals surface area contributed by atoms with Gasteiger partial charge in [-0.25, -0.2) is 9.18 Å². The first kappa shape index (κ1) is 16.8. The third-order valence-electron chi connectivity index (χ3n) is 5.81. The molecule has 0 radical (unpaired) electrons.